The minimum atomic E-state index is 1.32. The van der Waals surface area contributed by atoms with E-state index >= 15 is 0 Å². The third-order valence-electron chi connectivity index (χ3n) is 4.66. The third kappa shape index (κ3) is 1.10. The maximum absolute atomic E-state index is 2.42. The predicted molar refractivity (Wildman–Crippen MR) is 67.6 cm³/mol. The molecule has 0 heterocycles. The maximum atomic E-state index is 2.42. The Morgan fingerprint density at radius 1 is 0.562 bits per heavy atom. The van der Waals surface area contributed by atoms with Crippen molar-refractivity contribution in [3.05, 3.63) is 33.7 Å². The first kappa shape index (κ1) is 9.04. The summed E-state index contributed by atoms with van der Waals surface area (Å²) in [6.45, 7) is 0. The zero-order valence-electron chi connectivity index (χ0n) is 9.81. The minimum absolute atomic E-state index is 1.32. The largest absolute Gasteiger partial charge is 0.0618 e. The number of aryl methyl sites for hydroxylation is 2. The normalized spacial score (nSPS) is 22.0. The molecule has 0 aliphatic heterocycles. The number of benzene rings is 1. The topological polar surface area (TPSA) is 0 Å². The molecule has 0 aromatic heterocycles. The molecule has 0 unspecified atom stereocenters. The van der Waals surface area contributed by atoms with E-state index in [-0.39, 0.29) is 0 Å². The highest BCUT2D eigenvalue weighted by atomic mass is 14.3. The molecule has 1 aromatic rings. The highest BCUT2D eigenvalue weighted by molar-refractivity contribution is 5.62. The number of hydrogen-bond acceptors (Lipinski definition) is 0. The summed E-state index contributed by atoms with van der Waals surface area (Å²) in [6, 6.07) is 4.84. The fraction of sp³-hybridized carbons (Fsp3) is 0.500. The van der Waals surface area contributed by atoms with Gasteiger partial charge in [0.25, 0.3) is 0 Å². The standard InChI is InChI=1S/C16H18/c1-3-11-7-9-13-5-2-6-14-10-8-12(4-1)15(11)16(13)14/h7,9H,1-6,8,10H2. The van der Waals surface area contributed by atoms with Crippen LogP contribution in [0.1, 0.15) is 49.7 Å². The van der Waals surface area contributed by atoms with Crippen molar-refractivity contribution < 1.29 is 0 Å². The summed E-state index contributed by atoms with van der Waals surface area (Å²) >= 11 is 0. The van der Waals surface area contributed by atoms with Crippen LogP contribution in [-0.4, -0.2) is 0 Å². The molecule has 1 aromatic carbocycles. The van der Waals surface area contributed by atoms with Gasteiger partial charge in [-0.05, 0) is 72.9 Å². The zero-order chi connectivity index (χ0) is 10.5. The Morgan fingerprint density at radius 3 is 1.56 bits per heavy atom. The van der Waals surface area contributed by atoms with Crippen LogP contribution >= 0.6 is 0 Å². The molecule has 0 fully saturated rings. The summed E-state index contributed by atoms with van der Waals surface area (Å²) in [7, 11) is 0. The lowest BCUT2D eigenvalue weighted by atomic mass is 9.78. The van der Waals surface area contributed by atoms with Crippen molar-refractivity contribution in [3.63, 3.8) is 0 Å². The van der Waals surface area contributed by atoms with Crippen molar-refractivity contribution in [2.45, 2.75) is 51.4 Å². The molecule has 3 aliphatic carbocycles. The summed E-state index contributed by atoms with van der Waals surface area (Å²) < 4.78 is 0. The van der Waals surface area contributed by atoms with Gasteiger partial charge < -0.3 is 0 Å². The molecular weight excluding hydrogens is 192 g/mol. The van der Waals surface area contributed by atoms with E-state index in [1.807, 2.05) is 0 Å². The van der Waals surface area contributed by atoms with Crippen LogP contribution in [0.3, 0.4) is 0 Å². The van der Waals surface area contributed by atoms with Crippen LogP contribution in [-0.2, 0) is 12.8 Å². The van der Waals surface area contributed by atoms with Crippen molar-refractivity contribution >= 4 is 11.1 Å². The zero-order valence-corrected chi connectivity index (χ0v) is 9.81. The second-order valence-electron chi connectivity index (χ2n) is 5.55. The maximum Gasteiger partial charge on any atom is -0.0157 e. The van der Waals surface area contributed by atoms with E-state index in [1.165, 1.54) is 51.4 Å². The van der Waals surface area contributed by atoms with Gasteiger partial charge in [-0.1, -0.05) is 23.3 Å². The molecular formula is C16H18. The van der Waals surface area contributed by atoms with E-state index in [4.69, 9.17) is 0 Å². The molecule has 3 aliphatic rings. The van der Waals surface area contributed by atoms with Crippen molar-refractivity contribution in [2.75, 3.05) is 0 Å². The van der Waals surface area contributed by atoms with Gasteiger partial charge >= 0.3 is 0 Å². The SMILES string of the molecule is c1cc2c3c4c1CCCC=4CCC=3CCC2. The first-order valence-corrected chi connectivity index (χ1v) is 6.78. The average molecular weight is 210 g/mol. The summed E-state index contributed by atoms with van der Waals surface area (Å²) in [6.07, 6.45) is 10.9. The van der Waals surface area contributed by atoms with Gasteiger partial charge in [-0.25, -0.2) is 0 Å². The minimum Gasteiger partial charge on any atom is -0.0618 e. The van der Waals surface area contributed by atoms with Crippen molar-refractivity contribution in [3.8, 4) is 0 Å². The Bertz CT molecular complexity index is 522. The summed E-state index contributed by atoms with van der Waals surface area (Å²) in [5, 5.41) is 3.43. The molecule has 0 N–H and O–H groups in total. The van der Waals surface area contributed by atoms with Gasteiger partial charge in [0.2, 0.25) is 0 Å². The fourth-order valence-corrected chi connectivity index (χ4v) is 3.95. The molecule has 16 heavy (non-hydrogen) atoms. The predicted octanol–water partition coefficient (Wildman–Crippen LogP) is 2.45. The molecule has 0 amide bonds. The van der Waals surface area contributed by atoms with E-state index in [2.05, 4.69) is 12.1 Å². The lowest BCUT2D eigenvalue weighted by Crippen LogP contribution is -2.41. The van der Waals surface area contributed by atoms with Crippen molar-refractivity contribution in [1.82, 2.24) is 0 Å². The highest BCUT2D eigenvalue weighted by Gasteiger charge is 2.20. The third-order valence-corrected chi connectivity index (χ3v) is 4.66. The van der Waals surface area contributed by atoms with Gasteiger partial charge in [0, 0.05) is 0 Å². The molecule has 0 bridgehead atoms. The summed E-state index contributed by atoms with van der Waals surface area (Å²) in [5.74, 6) is 0. The highest BCUT2D eigenvalue weighted by Crippen LogP contribution is 2.28. The molecule has 0 saturated carbocycles. The van der Waals surface area contributed by atoms with Gasteiger partial charge in [-0.3, -0.25) is 0 Å². The van der Waals surface area contributed by atoms with Gasteiger partial charge in [-0.2, -0.15) is 0 Å². The second-order valence-corrected chi connectivity index (χ2v) is 5.55. The smallest absolute Gasteiger partial charge is 0.0157 e. The van der Waals surface area contributed by atoms with E-state index in [0.717, 1.165) is 0 Å². The lowest BCUT2D eigenvalue weighted by Gasteiger charge is -2.26. The van der Waals surface area contributed by atoms with Crippen LogP contribution in [0.4, 0.5) is 0 Å². The first-order valence-electron chi connectivity index (χ1n) is 6.78. The Kier molecular flexibility index (Phi) is 1.82. The summed E-state index contributed by atoms with van der Waals surface area (Å²) in [4.78, 5) is 0. The van der Waals surface area contributed by atoms with Gasteiger partial charge in [0.05, 0.1) is 0 Å². The fourth-order valence-electron chi connectivity index (χ4n) is 3.95. The second kappa shape index (κ2) is 3.23. The van der Waals surface area contributed by atoms with E-state index in [9.17, 15) is 0 Å². The Balaban J connectivity index is 2.23. The van der Waals surface area contributed by atoms with Crippen LogP contribution in [0, 0.1) is 0 Å². The van der Waals surface area contributed by atoms with Crippen LogP contribution in [0.2, 0.25) is 0 Å². The van der Waals surface area contributed by atoms with Crippen LogP contribution in [0.5, 0.6) is 0 Å². The molecule has 0 nitrogen and oxygen atoms in total. The van der Waals surface area contributed by atoms with Gasteiger partial charge in [0.1, 0.15) is 0 Å². The lowest BCUT2D eigenvalue weighted by molar-refractivity contribution is 0.738. The number of hydrogen-bond donors (Lipinski definition) is 0. The average Bonchev–Trinajstić information content (AvgIpc) is 2.36. The Labute approximate surface area is 96.7 Å². The van der Waals surface area contributed by atoms with Crippen LogP contribution < -0.4 is 10.4 Å². The van der Waals surface area contributed by atoms with Gasteiger partial charge in [-0.15, -0.1) is 0 Å². The first-order chi connectivity index (χ1) is 7.93. The Morgan fingerprint density at radius 2 is 1.06 bits per heavy atom. The monoisotopic (exact) mass is 210 g/mol. The van der Waals surface area contributed by atoms with Crippen molar-refractivity contribution in [2.24, 2.45) is 0 Å². The van der Waals surface area contributed by atoms with Crippen LogP contribution in [0.15, 0.2) is 12.1 Å². The van der Waals surface area contributed by atoms with Gasteiger partial charge in [0.15, 0.2) is 0 Å². The summed E-state index contributed by atoms with van der Waals surface area (Å²) in [5.41, 5.74) is 6.87. The molecule has 82 valence electrons. The van der Waals surface area contributed by atoms with Crippen LogP contribution in [0.25, 0.3) is 11.1 Å². The molecule has 0 heteroatoms. The molecule has 0 radical (unpaired) electrons. The molecule has 0 saturated heterocycles. The number of rotatable bonds is 0. The quantitative estimate of drug-likeness (QED) is 0.617. The molecule has 0 spiro atoms. The molecule has 0 atom stereocenters. The van der Waals surface area contributed by atoms with Crippen molar-refractivity contribution in [1.29, 1.82) is 0 Å². The van der Waals surface area contributed by atoms with E-state index < -0.39 is 0 Å². The Hall–Kier alpha value is -1.04. The molecule has 4 rings (SSSR count). The van der Waals surface area contributed by atoms with E-state index in [0.29, 0.717) is 0 Å². The van der Waals surface area contributed by atoms with E-state index in [1.54, 1.807) is 32.7 Å².